The summed E-state index contributed by atoms with van der Waals surface area (Å²) in [6.45, 7) is 0. The second-order valence-electron chi connectivity index (χ2n) is 3.49. The van der Waals surface area contributed by atoms with Crippen LogP contribution >= 0.6 is 0 Å². The van der Waals surface area contributed by atoms with Crippen LogP contribution in [0, 0.1) is 0 Å². The van der Waals surface area contributed by atoms with E-state index in [4.69, 9.17) is 0 Å². The molecule has 0 atom stereocenters. The van der Waals surface area contributed by atoms with Crippen molar-refractivity contribution in [2.75, 3.05) is 0 Å². The molecule has 0 amide bonds. The van der Waals surface area contributed by atoms with Crippen LogP contribution in [-0.4, -0.2) is 0 Å². The minimum atomic E-state index is -2.16. The van der Waals surface area contributed by atoms with Crippen molar-refractivity contribution >= 4 is 0 Å². The van der Waals surface area contributed by atoms with Gasteiger partial charge in [-0.15, -0.1) is 0 Å². The average molecular weight is 210 g/mol. The number of halogens is 3. The van der Waals surface area contributed by atoms with Gasteiger partial charge >= 0.3 is 0 Å². The summed E-state index contributed by atoms with van der Waals surface area (Å²) >= 11 is 0. The Kier molecular flexibility index (Phi) is 2.39. The number of allylic oxidation sites excluding steroid dienone is 4. The van der Waals surface area contributed by atoms with Crippen LogP contribution in [0.4, 0.5) is 13.2 Å². The topological polar surface area (TPSA) is 0 Å². The lowest BCUT2D eigenvalue weighted by atomic mass is 9.91. The van der Waals surface area contributed by atoms with Crippen molar-refractivity contribution in [1.82, 2.24) is 0 Å². The molecule has 0 radical (unpaired) electrons. The lowest BCUT2D eigenvalue weighted by Crippen LogP contribution is -2.17. The summed E-state index contributed by atoms with van der Waals surface area (Å²) in [6.07, 6.45) is 1.18. The van der Waals surface area contributed by atoms with E-state index >= 15 is 0 Å². The predicted molar refractivity (Wildman–Crippen MR) is 52.2 cm³/mol. The van der Waals surface area contributed by atoms with E-state index in [1.807, 2.05) is 0 Å². The highest BCUT2D eigenvalue weighted by atomic mass is 19.2. The van der Waals surface area contributed by atoms with Crippen LogP contribution in [-0.2, 0) is 5.67 Å². The van der Waals surface area contributed by atoms with Crippen molar-refractivity contribution in [2.45, 2.75) is 12.1 Å². The van der Waals surface area contributed by atoms with Crippen molar-refractivity contribution in [3.63, 3.8) is 0 Å². The third-order valence-electron chi connectivity index (χ3n) is 2.29. The molecule has 0 bridgehead atoms. The van der Waals surface area contributed by atoms with Crippen molar-refractivity contribution in [2.24, 2.45) is 0 Å². The fourth-order valence-corrected chi connectivity index (χ4v) is 1.62. The molecule has 0 N–H and O–H groups in total. The molecule has 0 spiro atoms. The largest absolute Gasteiger partial charge is 0.229 e. The number of hydrogen-bond acceptors (Lipinski definition) is 0. The predicted octanol–water partition coefficient (Wildman–Crippen LogP) is 3.96. The van der Waals surface area contributed by atoms with E-state index in [1.54, 1.807) is 18.2 Å². The van der Waals surface area contributed by atoms with Gasteiger partial charge in [0.05, 0.1) is 6.42 Å². The fraction of sp³-hybridized carbons (Fsp3) is 0.167. The zero-order chi connectivity index (χ0) is 10.9. The number of alkyl halides is 1. The van der Waals surface area contributed by atoms with Crippen molar-refractivity contribution in [1.29, 1.82) is 0 Å². The zero-order valence-corrected chi connectivity index (χ0v) is 7.88. The lowest BCUT2D eigenvalue weighted by molar-refractivity contribution is 0.284. The van der Waals surface area contributed by atoms with Crippen molar-refractivity contribution in [3.05, 3.63) is 59.7 Å². The first-order valence-corrected chi connectivity index (χ1v) is 4.59. The van der Waals surface area contributed by atoms with Gasteiger partial charge in [-0.1, -0.05) is 30.3 Å². The van der Waals surface area contributed by atoms with Gasteiger partial charge in [-0.25, -0.2) is 13.2 Å². The average Bonchev–Trinajstić information content (AvgIpc) is 2.17. The highest BCUT2D eigenvalue weighted by molar-refractivity contribution is 5.37. The molecular formula is C12H9F3. The summed E-state index contributed by atoms with van der Waals surface area (Å²) in [5.74, 6) is -1.55. The van der Waals surface area contributed by atoms with Gasteiger partial charge in [-0.05, 0) is 17.7 Å². The minimum Gasteiger partial charge on any atom is -0.229 e. The van der Waals surface area contributed by atoms with E-state index in [-0.39, 0.29) is 5.56 Å². The molecular weight excluding hydrogens is 201 g/mol. The Hall–Kier alpha value is -1.51. The zero-order valence-electron chi connectivity index (χ0n) is 7.88. The van der Waals surface area contributed by atoms with E-state index in [0.717, 1.165) is 12.2 Å². The first-order valence-electron chi connectivity index (χ1n) is 4.59. The molecule has 1 aliphatic carbocycles. The molecule has 3 heteroatoms. The highest BCUT2D eigenvalue weighted by Gasteiger charge is 2.32. The molecule has 0 fully saturated rings. The first kappa shape index (κ1) is 10.0. The van der Waals surface area contributed by atoms with Gasteiger partial charge in [0.2, 0.25) is 0 Å². The van der Waals surface area contributed by atoms with Crippen LogP contribution in [0.2, 0.25) is 0 Å². The normalized spacial score (nSPS) is 19.4. The number of hydrogen-bond donors (Lipinski definition) is 0. The van der Waals surface area contributed by atoms with Crippen molar-refractivity contribution < 1.29 is 13.2 Å². The van der Waals surface area contributed by atoms with E-state index in [1.165, 1.54) is 12.1 Å². The molecule has 1 aromatic rings. The molecule has 1 aliphatic rings. The molecule has 0 heterocycles. The molecule has 0 saturated carbocycles. The summed E-state index contributed by atoms with van der Waals surface area (Å²) < 4.78 is 40.1. The maximum atomic E-state index is 14.2. The Balaban J connectivity index is 2.46. The van der Waals surface area contributed by atoms with Gasteiger partial charge in [0.1, 0.15) is 11.7 Å². The second kappa shape index (κ2) is 3.57. The maximum Gasteiger partial charge on any atom is 0.178 e. The lowest BCUT2D eigenvalue weighted by Gasteiger charge is -2.21. The van der Waals surface area contributed by atoms with Crippen molar-refractivity contribution in [3.8, 4) is 0 Å². The fourth-order valence-electron chi connectivity index (χ4n) is 1.62. The Morgan fingerprint density at radius 1 is 0.933 bits per heavy atom. The van der Waals surface area contributed by atoms with Crippen LogP contribution in [0.5, 0.6) is 0 Å². The quantitative estimate of drug-likeness (QED) is 0.658. The summed E-state index contributed by atoms with van der Waals surface area (Å²) in [5, 5.41) is 0. The first-order chi connectivity index (χ1) is 7.10. The van der Waals surface area contributed by atoms with Crippen LogP contribution in [0.3, 0.4) is 0 Å². The van der Waals surface area contributed by atoms with E-state index in [9.17, 15) is 13.2 Å². The second-order valence-corrected chi connectivity index (χ2v) is 3.49. The monoisotopic (exact) mass is 210 g/mol. The summed E-state index contributed by atoms with van der Waals surface area (Å²) in [7, 11) is 0. The molecule has 0 nitrogen and oxygen atoms in total. The Morgan fingerprint density at radius 3 is 2.00 bits per heavy atom. The summed E-state index contributed by atoms with van der Waals surface area (Å²) in [5.41, 5.74) is -1.93. The molecule has 0 aromatic heterocycles. The van der Waals surface area contributed by atoms with Crippen LogP contribution in [0.25, 0.3) is 0 Å². The van der Waals surface area contributed by atoms with E-state index in [0.29, 0.717) is 0 Å². The van der Waals surface area contributed by atoms with Crippen LogP contribution in [0.15, 0.2) is 54.1 Å². The number of benzene rings is 1. The SMILES string of the molecule is FC1=CC(F)(c2ccccc2)C=C(F)C1. The molecule has 78 valence electrons. The Bertz CT molecular complexity index is 400. The summed E-state index contributed by atoms with van der Waals surface area (Å²) in [6, 6.07) is 7.97. The van der Waals surface area contributed by atoms with Gasteiger partial charge in [0.25, 0.3) is 0 Å². The van der Waals surface area contributed by atoms with Crippen LogP contribution in [0.1, 0.15) is 12.0 Å². The maximum absolute atomic E-state index is 14.2. The van der Waals surface area contributed by atoms with Gasteiger partial charge in [-0.3, -0.25) is 0 Å². The van der Waals surface area contributed by atoms with Crippen LogP contribution < -0.4 is 0 Å². The smallest absolute Gasteiger partial charge is 0.178 e. The third kappa shape index (κ3) is 1.96. The molecule has 0 aliphatic heterocycles. The van der Waals surface area contributed by atoms with Gasteiger partial charge < -0.3 is 0 Å². The van der Waals surface area contributed by atoms with Gasteiger partial charge in [-0.2, -0.15) is 0 Å². The van der Waals surface area contributed by atoms with Gasteiger partial charge in [0.15, 0.2) is 5.67 Å². The molecule has 2 rings (SSSR count). The summed E-state index contributed by atoms with van der Waals surface area (Å²) in [4.78, 5) is 0. The molecule has 1 aromatic carbocycles. The number of rotatable bonds is 1. The van der Waals surface area contributed by atoms with Gasteiger partial charge in [0, 0.05) is 0 Å². The molecule has 15 heavy (non-hydrogen) atoms. The highest BCUT2D eigenvalue weighted by Crippen LogP contribution is 2.37. The Morgan fingerprint density at radius 2 is 1.47 bits per heavy atom. The third-order valence-corrected chi connectivity index (χ3v) is 2.29. The standard InChI is InChI=1S/C12H9F3/c13-10-6-11(14)8-12(15,7-10)9-4-2-1-3-5-9/h1-5,7-8H,6H2. The van der Waals surface area contributed by atoms with E-state index < -0.39 is 23.7 Å². The Labute approximate surface area is 85.7 Å². The van der Waals surface area contributed by atoms with E-state index in [2.05, 4.69) is 0 Å². The molecule has 0 saturated heterocycles. The molecule has 0 unspecified atom stereocenters. The minimum absolute atomic E-state index is 0.231.